The summed E-state index contributed by atoms with van der Waals surface area (Å²) in [5.74, 6) is 0.0517. The van der Waals surface area contributed by atoms with Crippen molar-refractivity contribution in [3.63, 3.8) is 0 Å². The number of hydrogen-bond acceptors (Lipinski definition) is 3. The second kappa shape index (κ2) is 12.3. The molecule has 1 atom stereocenters. The maximum atomic E-state index is 13.0. The monoisotopic (exact) mass is 558 g/mol. The Morgan fingerprint density at radius 3 is 2.50 bits per heavy atom. The minimum absolute atomic E-state index is 0.179. The van der Waals surface area contributed by atoms with E-state index >= 15 is 0 Å². The lowest BCUT2D eigenvalue weighted by atomic mass is 10.1. The Morgan fingerprint density at radius 2 is 1.87 bits per heavy atom. The molecule has 0 fully saturated rings. The Bertz CT molecular complexity index is 862. The second-order valence-electron chi connectivity index (χ2n) is 6.83. The predicted octanol–water partition coefficient (Wildman–Crippen LogP) is 5.58. The van der Waals surface area contributed by atoms with E-state index < -0.39 is 6.04 Å². The van der Waals surface area contributed by atoms with E-state index in [0.717, 1.165) is 22.9 Å². The molecule has 0 aliphatic carbocycles. The molecule has 0 aliphatic heterocycles. The third kappa shape index (κ3) is 7.60. The van der Waals surface area contributed by atoms with Gasteiger partial charge in [-0.1, -0.05) is 53.0 Å². The van der Waals surface area contributed by atoms with E-state index in [2.05, 4.69) is 44.1 Å². The molecule has 0 saturated carbocycles. The fraction of sp³-hybridized carbons (Fsp3) is 0.364. The predicted molar refractivity (Wildman–Crippen MR) is 127 cm³/mol. The zero-order valence-corrected chi connectivity index (χ0v) is 20.9. The van der Waals surface area contributed by atoms with Crippen LogP contribution in [0.15, 0.2) is 51.4 Å². The first kappa shape index (κ1) is 24.7. The Kier molecular flexibility index (Phi) is 10.1. The van der Waals surface area contributed by atoms with Crippen molar-refractivity contribution >= 4 is 55.3 Å². The van der Waals surface area contributed by atoms with E-state index in [9.17, 15) is 9.59 Å². The number of carbonyl (C=O) groups is 2. The quantitative estimate of drug-likeness (QED) is 0.386. The number of ether oxygens (including phenoxy) is 1. The first-order valence-corrected chi connectivity index (χ1v) is 11.7. The van der Waals surface area contributed by atoms with Crippen LogP contribution in [0.25, 0.3) is 0 Å². The topological polar surface area (TPSA) is 58.6 Å². The van der Waals surface area contributed by atoms with Gasteiger partial charge in [0, 0.05) is 22.6 Å². The van der Waals surface area contributed by atoms with Gasteiger partial charge in [0.25, 0.3) is 5.91 Å². The zero-order chi connectivity index (χ0) is 22.1. The van der Waals surface area contributed by atoms with Crippen molar-refractivity contribution in [1.29, 1.82) is 0 Å². The van der Waals surface area contributed by atoms with Crippen LogP contribution >= 0.6 is 43.5 Å². The van der Waals surface area contributed by atoms with Crippen LogP contribution in [0.2, 0.25) is 5.02 Å². The molecule has 0 radical (unpaired) electrons. The number of nitrogens with one attached hydrogen (secondary N) is 1. The molecule has 0 heterocycles. The number of benzene rings is 2. The Balaban J connectivity index is 2.12. The van der Waals surface area contributed by atoms with E-state index in [0.29, 0.717) is 28.3 Å². The van der Waals surface area contributed by atoms with Crippen LogP contribution in [0, 0.1) is 0 Å². The number of amides is 2. The molecular weight excluding hydrogens is 536 g/mol. The van der Waals surface area contributed by atoms with Gasteiger partial charge >= 0.3 is 0 Å². The van der Waals surface area contributed by atoms with Crippen molar-refractivity contribution in [2.24, 2.45) is 0 Å². The summed E-state index contributed by atoms with van der Waals surface area (Å²) in [6.45, 7) is 4.50. The minimum Gasteiger partial charge on any atom is -0.483 e. The van der Waals surface area contributed by atoms with Gasteiger partial charge in [0.05, 0.1) is 4.47 Å². The molecule has 0 saturated heterocycles. The fourth-order valence-electron chi connectivity index (χ4n) is 2.72. The number of halogens is 3. The van der Waals surface area contributed by atoms with Gasteiger partial charge in [0.2, 0.25) is 5.91 Å². The van der Waals surface area contributed by atoms with Crippen LogP contribution in [-0.2, 0) is 16.1 Å². The van der Waals surface area contributed by atoms with Crippen LogP contribution in [0.5, 0.6) is 5.75 Å². The third-order valence-electron chi connectivity index (χ3n) is 4.51. The molecule has 0 spiro atoms. The van der Waals surface area contributed by atoms with E-state index in [4.69, 9.17) is 16.3 Å². The summed E-state index contributed by atoms with van der Waals surface area (Å²) >= 11 is 12.7. The first-order chi connectivity index (χ1) is 14.3. The van der Waals surface area contributed by atoms with E-state index in [1.807, 2.05) is 24.3 Å². The molecule has 162 valence electrons. The number of nitrogens with zero attached hydrogens (tertiary/aromatic N) is 1. The summed E-state index contributed by atoms with van der Waals surface area (Å²) in [4.78, 5) is 27.1. The second-order valence-corrected chi connectivity index (χ2v) is 9.04. The molecule has 2 amide bonds. The standard InChI is InChI=1S/C22H25Br2ClN2O3/c1-3-4-11-26-22(29)15(2)27(13-16-5-7-17(23)8-6-16)21(28)14-30-20-10-9-18(25)12-19(20)24/h5-10,12,15H,3-4,11,13-14H2,1-2H3,(H,26,29). The average Bonchev–Trinajstić information content (AvgIpc) is 2.72. The highest BCUT2D eigenvalue weighted by Gasteiger charge is 2.26. The highest BCUT2D eigenvalue weighted by Crippen LogP contribution is 2.28. The maximum absolute atomic E-state index is 13.0. The van der Waals surface area contributed by atoms with Crippen molar-refractivity contribution in [2.45, 2.75) is 39.3 Å². The molecule has 0 aromatic heterocycles. The van der Waals surface area contributed by atoms with Crippen molar-refractivity contribution in [1.82, 2.24) is 10.2 Å². The molecule has 2 rings (SSSR count). The number of unbranched alkanes of at least 4 members (excludes halogenated alkanes) is 1. The Morgan fingerprint density at radius 1 is 1.17 bits per heavy atom. The summed E-state index contributed by atoms with van der Waals surface area (Å²) < 4.78 is 7.29. The first-order valence-electron chi connectivity index (χ1n) is 9.71. The molecule has 0 bridgehead atoms. The summed E-state index contributed by atoms with van der Waals surface area (Å²) in [6.07, 6.45) is 1.88. The highest BCUT2D eigenvalue weighted by atomic mass is 79.9. The van der Waals surface area contributed by atoms with Gasteiger partial charge in [0.1, 0.15) is 11.8 Å². The van der Waals surface area contributed by atoms with E-state index in [-0.39, 0.29) is 18.4 Å². The van der Waals surface area contributed by atoms with Gasteiger partial charge in [-0.25, -0.2) is 0 Å². The van der Waals surface area contributed by atoms with Crippen molar-refractivity contribution in [3.8, 4) is 5.75 Å². The normalized spacial score (nSPS) is 11.6. The number of rotatable bonds is 10. The van der Waals surface area contributed by atoms with Gasteiger partial charge in [0.15, 0.2) is 6.61 Å². The molecule has 5 nitrogen and oxygen atoms in total. The van der Waals surface area contributed by atoms with Gasteiger partial charge in [-0.3, -0.25) is 9.59 Å². The Hall–Kier alpha value is -1.57. The number of hydrogen-bond donors (Lipinski definition) is 1. The van der Waals surface area contributed by atoms with E-state index in [1.54, 1.807) is 25.1 Å². The molecular formula is C22H25Br2ClN2O3. The van der Waals surface area contributed by atoms with Gasteiger partial charge in [-0.2, -0.15) is 0 Å². The van der Waals surface area contributed by atoms with Gasteiger partial charge in [-0.05, 0) is 65.2 Å². The van der Waals surface area contributed by atoms with Gasteiger partial charge < -0.3 is 15.0 Å². The summed E-state index contributed by atoms with van der Waals surface area (Å²) in [7, 11) is 0. The van der Waals surface area contributed by atoms with Crippen LogP contribution in [0.3, 0.4) is 0 Å². The van der Waals surface area contributed by atoms with Crippen LogP contribution in [0.1, 0.15) is 32.3 Å². The molecule has 1 unspecified atom stereocenters. The zero-order valence-electron chi connectivity index (χ0n) is 17.0. The van der Waals surface area contributed by atoms with Crippen LogP contribution in [-0.4, -0.2) is 35.9 Å². The maximum Gasteiger partial charge on any atom is 0.261 e. The lowest BCUT2D eigenvalue weighted by Gasteiger charge is -2.29. The summed E-state index contributed by atoms with van der Waals surface area (Å²) in [5.41, 5.74) is 0.924. The Labute approximate surface area is 199 Å². The average molecular weight is 561 g/mol. The SMILES string of the molecule is CCCCNC(=O)C(C)N(Cc1ccc(Br)cc1)C(=O)COc1ccc(Cl)cc1Br. The van der Waals surface area contributed by atoms with Crippen molar-refractivity contribution in [2.75, 3.05) is 13.2 Å². The van der Waals surface area contributed by atoms with Crippen LogP contribution in [0.4, 0.5) is 0 Å². The molecule has 0 aliphatic rings. The van der Waals surface area contributed by atoms with E-state index in [1.165, 1.54) is 4.90 Å². The lowest BCUT2D eigenvalue weighted by molar-refractivity contribution is -0.142. The third-order valence-corrected chi connectivity index (χ3v) is 5.89. The minimum atomic E-state index is -0.629. The smallest absolute Gasteiger partial charge is 0.261 e. The molecule has 2 aromatic carbocycles. The van der Waals surface area contributed by atoms with Gasteiger partial charge in [-0.15, -0.1) is 0 Å². The summed E-state index contributed by atoms with van der Waals surface area (Å²) in [5, 5.41) is 3.46. The van der Waals surface area contributed by atoms with Crippen molar-refractivity contribution in [3.05, 3.63) is 62.0 Å². The fourth-order valence-corrected chi connectivity index (χ4v) is 3.78. The molecule has 1 N–H and O–H groups in total. The molecule has 8 heteroatoms. The molecule has 30 heavy (non-hydrogen) atoms. The van der Waals surface area contributed by atoms with Crippen LogP contribution < -0.4 is 10.1 Å². The van der Waals surface area contributed by atoms with Crippen molar-refractivity contribution < 1.29 is 14.3 Å². The highest BCUT2D eigenvalue weighted by molar-refractivity contribution is 9.10. The molecule has 2 aromatic rings. The summed E-state index contributed by atoms with van der Waals surface area (Å²) in [6, 6.07) is 12.1. The number of carbonyl (C=O) groups excluding carboxylic acids is 2. The lowest BCUT2D eigenvalue weighted by Crippen LogP contribution is -2.49. The largest absolute Gasteiger partial charge is 0.483 e.